The molecule has 0 N–H and O–H groups in total. The smallest absolute Gasteiger partial charge is 0.0351 e. The Morgan fingerprint density at radius 2 is 1.90 bits per heavy atom. The van der Waals surface area contributed by atoms with Gasteiger partial charge in [0.15, 0.2) is 0 Å². The summed E-state index contributed by atoms with van der Waals surface area (Å²) in [6, 6.07) is 8.95. The van der Waals surface area contributed by atoms with Crippen LogP contribution in [-0.2, 0) is 0 Å². The van der Waals surface area contributed by atoms with Crippen molar-refractivity contribution in [2.45, 2.75) is 26.2 Å². The minimum atomic E-state index is 0.821. The van der Waals surface area contributed by atoms with E-state index < -0.39 is 0 Å². The highest BCUT2D eigenvalue weighted by Gasteiger charge is 2.40. The van der Waals surface area contributed by atoms with Crippen LogP contribution in [0.1, 0.15) is 29.7 Å². The summed E-state index contributed by atoms with van der Waals surface area (Å²) < 4.78 is 1.45. The number of likely N-dealkylation sites (N-methyl/N-ethyl adjacent to an activating group) is 1. The zero-order valence-electron chi connectivity index (χ0n) is 13.1. The molecular weight excluding hydrogens is 274 g/mol. The molecule has 2 bridgehead atoms. The summed E-state index contributed by atoms with van der Waals surface area (Å²) in [5.74, 6) is 1.67. The fourth-order valence-electron chi connectivity index (χ4n) is 4.46. The molecular formula is C19H23NS. The molecule has 2 unspecified atom stereocenters. The van der Waals surface area contributed by atoms with Crippen LogP contribution in [0.15, 0.2) is 29.8 Å². The molecule has 0 saturated heterocycles. The second kappa shape index (κ2) is 4.96. The molecule has 4 rings (SSSR count). The van der Waals surface area contributed by atoms with Gasteiger partial charge in [-0.15, -0.1) is 11.3 Å². The number of rotatable bonds is 3. The predicted molar refractivity (Wildman–Crippen MR) is 92.9 cm³/mol. The molecule has 0 spiro atoms. The molecule has 1 aromatic heterocycles. The van der Waals surface area contributed by atoms with Gasteiger partial charge in [0.05, 0.1) is 0 Å². The SMILES string of the molecule is Cc1sc2ccccc2c1C1=C(CN(C)C)C2CCC1C2. The topological polar surface area (TPSA) is 3.24 Å². The van der Waals surface area contributed by atoms with Crippen LogP contribution in [0.4, 0.5) is 0 Å². The highest BCUT2D eigenvalue weighted by molar-refractivity contribution is 7.19. The highest BCUT2D eigenvalue weighted by Crippen LogP contribution is 2.55. The van der Waals surface area contributed by atoms with Crippen LogP contribution in [0.25, 0.3) is 15.7 Å². The van der Waals surface area contributed by atoms with Crippen LogP contribution >= 0.6 is 11.3 Å². The maximum atomic E-state index is 2.35. The number of benzene rings is 1. The van der Waals surface area contributed by atoms with E-state index in [9.17, 15) is 0 Å². The lowest BCUT2D eigenvalue weighted by atomic mass is 9.86. The maximum absolute atomic E-state index is 2.35. The van der Waals surface area contributed by atoms with Gasteiger partial charge in [0, 0.05) is 21.5 Å². The van der Waals surface area contributed by atoms with Crippen molar-refractivity contribution in [1.82, 2.24) is 4.90 Å². The van der Waals surface area contributed by atoms with E-state index in [0.29, 0.717) is 0 Å². The van der Waals surface area contributed by atoms with Crippen LogP contribution in [0, 0.1) is 18.8 Å². The molecule has 2 aliphatic carbocycles. The van der Waals surface area contributed by atoms with E-state index in [1.807, 2.05) is 11.3 Å². The van der Waals surface area contributed by atoms with Gasteiger partial charge in [0.1, 0.15) is 0 Å². The summed E-state index contributed by atoms with van der Waals surface area (Å²) in [6.07, 6.45) is 4.22. The zero-order chi connectivity index (χ0) is 14.6. The third-order valence-corrected chi connectivity index (χ3v) is 6.29. The van der Waals surface area contributed by atoms with Crippen LogP contribution in [0.2, 0.25) is 0 Å². The lowest BCUT2D eigenvalue weighted by Gasteiger charge is -2.23. The van der Waals surface area contributed by atoms with Gasteiger partial charge in [0.25, 0.3) is 0 Å². The Morgan fingerprint density at radius 1 is 1.14 bits per heavy atom. The molecule has 0 radical (unpaired) electrons. The average Bonchev–Trinajstić information content (AvgIpc) is 3.10. The summed E-state index contributed by atoms with van der Waals surface area (Å²) >= 11 is 1.97. The molecule has 1 fully saturated rings. The van der Waals surface area contributed by atoms with Crippen molar-refractivity contribution >= 4 is 27.0 Å². The van der Waals surface area contributed by atoms with E-state index in [1.165, 1.54) is 34.2 Å². The maximum Gasteiger partial charge on any atom is 0.0351 e. The third-order valence-electron chi connectivity index (χ3n) is 5.21. The lowest BCUT2D eigenvalue weighted by Crippen LogP contribution is -2.19. The quantitative estimate of drug-likeness (QED) is 0.774. The fraction of sp³-hybridized carbons (Fsp3) is 0.474. The largest absolute Gasteiger partial charge is 0.305 e. The summed E-state index contributed by atoms with van der Waals surface area (Å²) in [6.45, 7) is 3.45. The molecule has 2 aromatic rings. The fourth-order valence-corrected chi connectivity index (χ4v) is 5.54. The van der Waals surface area contributed by atoms with Gasteiger partial charge in [-0.2, -0.15) is 0 Å². The summed E-state index contributed by atoms with van der Waals surface area (Å²) in [4.78, 5) is 3.86. The number of aryl methyl sites for hydroxylation is 1. The predicted octanol–water partition coefficient (Wildman–Crippen LogP) is 4.95. The first-order chi connectivity index (χ1) is 10.1. The van der Waals surface area contributed by atoms with Gasteiger partial charge >= 0.3 is 0 Å². The molecule has 110 valence electrons. The Hall–Kier alpha value is -1.12. The van der Waals surface area contributed by atoms with Gasteiger partial charge in [-0.3, -0.25) is 0 Å². The normalized spacial score (nSPS) is 24.8. The van der Waals surface area contributed by atoms with Crippen molar-refractivity contribution < 1.29 is 0 Å². The van der Waals surface area contributed by atoms with E-state index in [0.717, 1.165) is 18.4 Å². The first-order valence-electron chi connectivity index (χ1n) is 8.01. The second-order valence-corrected chi connectivity index (χ2v) is 8.17. The molecule has 1 heterocycles. The average molecular weight is 297 g/mol. The monoisotopic (exact) mass is 297 g/mol. The van der Waals surface area contributed by atoms with E-state index in [2.05, 4.69) is 50.2 Å². The van der Waals surface area contributed by atoms with E-state index >= 15 is 0 Å². The molecule has 2 atom stereocenters. The van der Waals surface area contributed by atoms with E-state index in [1.54, 1.807) is 16.7 Å². The molecule has 0 amide bonds. The van der Waals surface area contributed by atoms with Gasteiger partial charge in [0.2, 0.25) is 0 Å². The van der Waals surface area contributed by atoms with E-state index in [4.69, 9.17) is 0 Å². The molecule has 2 heteroatoms. The summed E-state index contributed by atoms with van der Waals surface area (Å²) in [7, 11) is 4.41. The van der Waals surface area contributed by atoms with Crippen molar-refractivity contribution in [2.75, 3.05) is 20.6 Å². The minimum Gasteiger partial charge on any atom is -0.305 e. The standard InChI is InChI=1S/C19H23NS/c1-12-18(15-6-4-5-7-17(15)21-12)19-14-9-8-13(10-14)16(19)11-20(2)3/h4-7,13-14H,8-11H2,1-3H3. The molecule has 21 heavy (non-hydrogen) atoms. The van der Waals surface area contributed by atoms with E-state index in [-0.39, 0.29) is 0 Å². The Morgan fingerprint density at radius 3 is 2.71 bits per heavy atom. The zero-order valence-corrected chi connectivity index (χ0v) is 14.0. The first-order valence-corrected chi connectivity index (χ1v) is 8.83. The highest BCUT2D eigenvalue weighted by atomic mass is 32.1. The van der Waals surface area contributed by atoms with Gasteiger partial charge in [-0.25, -0.2) is 0 Å². The van der Waals surface area contributed by atoms with Crippen LogP contribution < -0.4 is 0 Å². The number of thiophene rings is 1. The number of hydrogen-bond acceptors (Lipinski definition) is 2. The molecule has 2 aliphatic rings. The van der Waals surface area contributed by atoms with Crippen molar-refractivity contribution in [2.24, 2.45) is 11.8 Å². The number of hydrogen-bond donors (Lipinski definition) is 0. The van der Waals surface area contributed by atoms with Crippen LogP contribution in [0.3, 0.4) is 0 Å². The van der Waals surface area contributed by atoms with Crippen molar-refractivity contribution in [1.29, 1.82) is 0 Å². The van der Waals surface area contributed by atoms with Gasteiger partial charge < -0.3 is 4.90 Å². The Bertz CT molecular complexity index is 722. The lowest BCUT2D eigenvalue weighted by molar-refractivity contribution is 0.423. The van der Waals surface area contributed by atoms with Crippen molar-refractivity contribution in [3.8, 4) is 0 Å². The minimum absolute atomic E-state index is 0.821. The third kappa shape index (κ3) is 2.08. The number of nitrogens with zero attached hydrogens (tertiary/aromatic N) is 1. The Kier molecular flexibility index (Phi) is 3.20. The van der Waals surface area contributed by atoms with Crippen LogP contribution in [-0.4, -0.2) is 25.5 Å². The molecule has 1 nitrogen and oxygen atoms in total. The van der Waals surface area contributed by atoms with Crippen molar-refractivity contribution in [3.05, 3.63) is 40.3 Å². The van der Waals surface area contributed by atoms with Crippen molar-refractivity contribution in [3.63, 3.8) is 0 Å². The van der Waals surface area contributed by atoms with Gasteiger partial charge in [-0.1, -0.05) is 18.2 Å². The molecule has 1 saturated carbocycles. The number of fused-ring (bicyclic) bond motifs is 3. The summed E-state index contributed by atoms with van der Waals surface area (Å²) in [5, 5.41) is 1.49. The van der Waals surface area contributed by atoms with Crippen LogP contribution in [0.5, 0.6) is 0 Å². The van der Waals surface area contributed by atoms with Gasteiger partial charge in [-0.05, 0) is 74.9 Å². The first kappa shape index (κ1) is 13.5. The summed E-state index contributed by atoms with van der Waals surface area (Å²) in [5.41, 5.74) is 5.04. The Balaban J connectivity index is 1.93. The second-order valence-electron chi connectivity index (χ2n) is 6.91. The Labute approximate surface area is 131 Å². The molecule has 0 aliphatic heterocycles. The molecule has 1 aromatic carbocycles. The number of allylic oxidation sites excluding steroid dienone is 1.